The second-order valence-corrected chi connectivity index (χ2v) is 13.9. The van der Waals surface area contributed by atoms with Gasteiger partial charge in [-0.15, -0.1) is 0 Å². The highest BCUT2D eigenvalue weighted by molar-refractivity contribution is 7.86. The highest BCUT2D eigenvalue weighted by atomic mass is 32.2. The SMILES string of the molecule is Cc1cnc(Nc2cc(F)c(C3CCN(C)CC3)cn2)nc1Nc1ccc2c(c1)C(S(=O)C(C)(C)C)CC2. The van der Waals surface area contributed by atoms with E-state index in [2.05, 4.69) is 49.7 Å². The van der Waals surface area contributed by atoms with Gasteiger partial charge >= 0.3 is 0 Å². The Labute approximate surface area is 227 Å². The van der Waals surface area contributed by atoms with Crippen LogP contribution in [0.1, 0.15) is 73.5 Å². The third-order valence-corrected chi connectivity index (χ3v) is 9.76. The van der Waals surface area contributed by atoms with Crippen LogP contribution >= 0.6 is 0 Å². The van der Waals surface area contributed by atoms with Crippen LogP contribution in [-0.4, -0.2) is 48.9 Å². The molecule has 0 amide bonds. The van der Waals surface area contributed by atoms with E-state index < -0.39 is 10.8 Å². The van der Waals surface area contributed by atoms with Gasteiger partial charge in [0.05, 0.1) is 5.25 Å². The summed E-state index contributed by atoms with van der Waals surface area (Å²) in [5.41, 5.74) is 4.86. The van der Waals surface area contributed by atoms with Crippen LogP contribution in [0, 0.1) is 12.7 Å². The number of nitrogens with one attached hydrogen (secondary N) is 2. The number of piperidine rings is 1. The van der Waals surface area contributed by atoms with Gasteiger partial charge in [0.2, 0.25) is 5.95 Å². The Balaban J connectivity index is 1.32. The van der Waals surface area contributed by atoms with E-state index in [1.165, 1.54) is 11.6 Å². The zero-order chi connectivity index (χ0) is 27.0. The number of halogens is 1. The molecule has 3 aromatic rings. The Kier molecular flexibility index (Phi) is 7.51. The predicted octanol–water partition coefficient (Wildman–Crippen LogP) is 6.15. The number of likely N-dealkylation sites (tertiary alicyclic amines) is 1. The number of nitrogens with zero attached hydrogens (tertiary/aromatic N) is 4. The van der Waals surface area contributed by atoms with Gasteiger partial charge in [0, 0.05) is 50.8 Å². The van der Waals surface area contributed by atoms with Gasteiger partial charge in [-0.2, -0.15) is 4.98 Å². The van der Waals surface area contributed by atoms with Gasteiger partial charge in [-0.3, -0.25) is 4.21 Å². The fourth-order valence-electron chi connectivity index (χ4n) is 5.30. The molecule has 2 unspecified atom stereocenters. The van der Waals surface area contributed by atoms with Crippen molar-refractivity contribution in [3.05, 3.63) is 64.7 Å². The second kappa shape index (κ2) is 10.7. The summed E-state index contributed by atoms with van der Waals surface area (Å²) in [6.07, 6.45) is 7.10. The van der Waals surface area contributed by atoms with Crippen molar-refractivity contribution in [3.63, 3.8) is 0 Å². The van der Waals surface area contributed by atoms with Crippen molar-refractivity contribution in [1.29, 1.82) is 0 Å². The van der Waals surface area contributed by atoms with E-state index >= 15 is 0 Å². The molecule has 0 bridgehead atoms. The van der Waals surface area contributed by atoms with Gasteiger partial charge in [0.25, 0.3) is 0 Å². The second-order valence-electron chi connectivity index (χ2n) is 11.5. The van der Waals surface area contributed by atoms with Crippen LogP contribution in [0.5, 0.6) is 0 Å². The summed E-state index contributed by atoms with van der Waals surface area (Å²) in [7, 11) is 1.13. The molecule has 7 nitrogen and oxygen atoms in total. The first-order valence-corrected chi connectivity index (χ1v) is 14.5. The number of fused-ring (bicyclic) bond motifs is 1. The van der Waals surface area contributed by atoms with Gasteiger partial charge in [-0.1, -0.05) is 6.07 Å². The molecule has 1 aliphatic heterocycles. The van der Waals surface area contributed by atoms with Crippen LogP contribution in [0.4, 0.5) is 27.7 Å². The average molecular weight is 537 g/mol. The highest BCUT2D eigenvalue weighted by Crippen LogP contribution is 2.41. The molecule has 202 valence electrons. The number of rotatable bonds is 6. The van der Waals surface area contributed by atoms with Crippen molar-refractivity contribution in [2.75, 3.05) is 30.8 Å². The van der Waals surface area contributed by atoms with Crippen LogP contribution < -0.4 is 10.6 Å². The molecule has 9 heteroatoms. The minimum atomic E-state index is -0.970. The maximum atomic E-state index is 15.0. The normalized spacial score (nSPS) is 19.3. The van der Waals surface area contributed by atoms with E-state index in [-0.39, 0.29) is 21.7 Å². The largest absolute Gasteiger partial charge is 0.340 e. The zero-order valence-electron chi connectivity index (χ0n) is 22.8. The van der Waals surface area contributed by atoms with Crippen LogP contribution in [0.2, 0.25) is 0 Å². The lowest BCUT2D eigenvalue weighted by Crippen LogP contribution is -2.29. The molecular weight excluding hydrogens is 499 g/mol. The fourth-order valence-corrected chi connectivity index (χ4v) is 6.94. The first-order chi connectivity index (χ1) is 18.1. The van der Waals surface area contributed by atoms with Crippen molar-refractivity contribution in [2.24, 2.45) is 0 Å². The minimum Gasteiger partial charge on any atom is -0.340 e. The average Bonchev–Trinajstić information content (AvgIpc) is 3.29. The number of anilines is 4. The summed E-state index contributed by atoms with van der Waals surface area (Å²) in [4.78, 5) is 15.7. The summed E-state index contributed by atoms with van der Waals surface area (Å²) in [6, 6.07) is 7.68. The molecule has 2 aliphatic rings. The number of aryl methyl sites for hydroxylation is 2. The maximum Gasteiger partial charge on any atom is 0.230 e. The summed E-state index contributed by atoms with van der Waals surface area (Å²) in [6.45, 7) is 9.97. The van der Waals surface area contributed by atoms with Crippen LogP contribution in [0.3, 0.4) is 0 Å². The van der Waals surface area contributed by atoms with Crippen LogP contribution in [0.15, 0.2) is 36.7 Å². The molecule has 1 aromatic carbocycles. The topological polar surface area (TPSA) is 83.0 Å². The summed E-state index contributed by atoms with van der Waals surface area (Å²) >= 11 is 0. The van der Waals surface area contributed by atoms with Crippen molar-refractivity contribution in [2.45, 2.75) is 69.3 Å². The van der Waals surface area contributed by atoms with E-state index in [4.69, 9.17) is 0 Å². The van der Waals surface area contributed by atoms with E-state index in [0.717, 1.165) is 55.6 Å². The highest BCUT2D eigenvalue weighted by Gasteiger charge is 2.34. The molecule has 5 rings (SSSR count). The monoisotopic (exact) mass is 536 g/mol. The predicted molar refractivity (Wildman–Crippen MR) is 152 cm³/mol. The first-order valence-electron chi connectivity index (χ1n) is 13.3. The van der Waals surface area contributed by atoms with Crippen LogP contribution in [0.25, 0.3) is 0 Å². The first kappa shape index (κ1) is 26.7. The summed E-state index contributed by atoms with van der Waals surface area (Å²) in [5.74, 6) is 1.32. The molecule has 1 fully saturated rings. The lowest BCUT2D eigenvalue weighted by molar-refractivity contribution is 0.253. The molecule has 38 heavy (non-hydrogen) atoms. The third-order valence-electron chi connectivity index (χ3n) is 7.55. The molecule has 1 aliphatic carbocycles. The van der Waals surface area contributed by atoms with Crippen molar-refractivity contribution >= 4 is 34.1 Å². The number of benzene rings is 1. The molecule has 3 heterocycles. The van der Waals surface area contributed by atoms with Gasteiger partial charge < -0.3 is 15.5 Å². The lowest BCUT2D eigenvalue weighted by Gasteiger charge is -2.29. The maximum absolute atomic E-state index is 15.0. The minimum absolute atomic E-state index is 0.0361. The smallest absolute Gasteiger partial charge is 0.230 e. The standard InChI is InChI=1S/C29H37FN6OS/c1-18-16-32-28(34-26-15-24(30)23(17-31-26)20-10-12-36(5)13-11-20)35-27(18)33-21-8-6-19-7-9-25(22(19)14-21)38(37)29(2,3)4/h6,8,14-17,20,25H,7,9-13H2,1-5H3,(H2,31,32,33,34,35). The molecule has 2 N–H and O–H groups in total. The van der Waals surface area contributed by atoms with E-state index in [1.807, 2.05) is 33.8 Å². The third kappa shape index (κ3) is 5.73. The number of pyridine rings is 1. The number of hydrogen-bond donors (Lipinski definition) is 2. The fraction of sp³-hybridized carbons (Fsp3) is 0.483. The van der Waals surface area contributed by atoms with Gasteiger partial charge in [0.15, 0.2) is 0 Å². The lowest BCUT2D eigenvalue weighted by atomic mass is 9.90. The molecule has 2 atom stereocenters. The van der Waals surface area contributed by atoms with Crippen molar-refractivity contribution in [1.82, 2.24) is 19.9 Å². The van der Waals surface area contributed by atoms with Gasteiger partial charge in [-0.05, 0) is 103 Å². The van der Waals surface area contributed by atoms with Crippen molar-refractivity contribution < 1.29 is 8.60 Å². The molecule has 0 spiro atoms. The van der Waals surface area contributed by atoms with E-state index in [1.54, 1.807) is 12.4 Å². The Morgan fingerprint density at radius 3 is 2.50 bits per heavy atom. The summed E-state index contributed by atoms with van der Waals surface area (Å²) in [5, 5.41) is 6.49. The Hall–Kier alpha value is -2.91. The molecule has 0 radical (unpaired) electrons. The zero-order valence-corrected chi connectivity index (χ0v) is 23.7. The Bertz CT molecular complexity index is 1350. The Morgan fingerprint density at radius 1 is 1.03 bits per heavy atom. The van der Waals surface area contributed by atoms with E-state index in [0.29, 0.717) is 23.1 Å². The van der Waals surface area contributed by atoms with E-state index in [9.17, 15) is 8.60 Å². The molecule has 2 aromatic heterocycles. The molecule has 0 saturated carbocycles. The van der Waals surface area contributed by atoms with Crippen molar-refractivity contribution in [3.8, 4) is 0 Å². The number of hydrogen-bond acceptors (Lipinski definition) is 7. The molecule has 1 saturated heterocycles. The quantitative estimate of drug-likeness (QED) is 0.391. The number of aromatic nitrogens is 3. The van der Waals surface area contributed by atoms with Gasteiger partial charge in [-0.25, -0.2) is 14.4 Å². The van der Waals surface area contributed by atoms with Gasteiger partial charge in [0.1, 0.15) is 17.5 Å². The molecular formula is C29H37FN6OS. The van der Waals surface area contributed by atoms with Crippen LogP contribution in [-0.2, 0) is 17.2 Å². The summed E-state index contributed by atoms with van der Waals surface area (Å²) < 4.78 is 27.8. The Morgan fingerprint density at radius 2 is 1.79 bits per heavy atom.